The minimum Gasteiger partial charge on any atom is -0.303 e. The number of likely N-dealkylation sites (N-methyl/N-ethyl adjacent to an activating group) is 1. The summed E-state index contributed by atoms with van der Waals surface area (Å²) in [5.74, 6) is 0. The van der Waals surface area contributed by atoms with Crippen LogP contribution in [0.2, 0.25) is 0 Å². The predicted octanol–water partition coefficient (Wildman–Crippen LogP) is 2.29. The van der Waals surface area contributed by atoms with Gasteiger partial charge < -0.3 is 4.90 Å². The van der Waals surface area contributed by atoms with Crippen molar-refractivity contribution in [1.82, 2.24) is 9.80 Å². The molecule has 1 saturated heterocycles. The average Bonchev–Trinajstić information content (AvgIpc) is 2.29. The van der Waals surface area contributed by atoms with Crippen LogP contribution in [-0.2, 0) is 6.42 Å². The van der Waals surface area contributed by atoms with E-state index >= 15 is 0 Å². The average molecular weight is 281 g/mol. The van der Waals surface area contributed by atoms with Crippen molar-refractivity contribution in [3.8, 4) is 0 Å². The molecule has 1 aromatic carbocycles. The van der Waals surface area contributed by atoms with Crippen molar-refractivity contribution in [1.29, 1.82) is 0 Å². The van der Waals surface area contributed by atoms with E-state index in [1.54, 1.807) is 5.56 Å². The van der Waals surface area contributed by atoms with E-state index in [4.69, 9.17) is 0 Å². The molecule has 2 heterocycles. The lowest BCUT2D eigenvalue weighted by atomic mass is 9.91. The Morgan fingerprint density at radius 3 is 3.00 bits per heavy atom. The molecular weight excluding hydrogens is 264 g/mol. The number of halogens is 1. The van der Waals surface area contributed by atoms with Crippen molar-refractivity contribution in [2.75, 3.05) is 33.2 Å². The number of fused-ring (bicyclic) bond motifs is 3. The maximum atomic E-state index is 3.59. The zero-order valence-corrected chi connectivity index (χ0v) is 11.2. The third-order valence-electron chi connectivity index (χ3n) is 3.83. The van der Waals surface area contributed by atoms with Crippen molar-refractivity contribution in [2.24, 2.45) is 0 Å². The lowest BCUT2D eigenvalue weighted by Crippen LogP contribution is -2.49. The van der Waals surface area contributed by atoms with Crippen LogP contribution in [0.1, 0.15) is 17.2 Å². The molecule has 3 heteroatoms. The highest BCUT2D eigenvalue weighted by Crippen LogP contribution is 2.33. The molecule has 0 aliphatic carbocycles. The van der Waals surface area contributed by atoms with Crippen LogP contribution in [0.5, 0.6) is 0 Å². The summed E-state index contributed by atoms with van der Waals surface area (Å²) in [5, 5.41) is 0. The number of benzene rings is 1. The van der Waals surface area contributed by atoms with Gasteiger partial charge in [0.2, 0.25) is 0 Å². The highest BCUT2D eigenvalue weighted by atomic mass is 79.9. The van der Waals surface area contributed by atoms with Gasteiger partial charge in [-0.05, 0) is 36.7 Å². The molecule has 2 aliphatic rings. The van der Waals surface area contributed by atoms with Crippen molar-refractivity contribution in [3.05, 3.63) is 33.8 Å². The SMILES string of the molecule is CN1CCN2CCc3ccc(Br)cc3C2C1. The summed E-state index contributed by atoms with van der Waals surface area (Å²) in [7, 11) is 2.23. The van der Waals surface area contributed by atoms with Crippen LogP contribution >= 0.6 is 15.9 Å². The molecule has 0 N–H and O–H groups in total. The summed E-state index contributed by atoms with van der Waals surface area (Å²) in [6.07, 6.45) is 1.21. The Balaban J connectivity index is 1.99. The van der Waals surface area contributed by atoms with Gasteiger partial charge in [-0.1, -0.05) is 22.0 Å². The minimum absolute atomic E-state index is 0.611. The molecule has 2 aliphatic heterocycles. The van der Waals surface area contributed by atoms with E-state index in [1.807, 2.05) is 0 Å². The van der Waals surface area contributed by atoms with Gasteiger partial charge >= 0.3 is 0 Å². The quantitative estimate of drug-likeness (QED) is 0.720. The first-order chi connectivity index (χ1) is 7.74. The number of piperazine rings is 1. The van der Waals surface area contributed by atoms with Gasteiger partial charge in [0.15, 0.2) is 0 Å². The van der Waals surface area contributed by atoms with E-state index in [1.165, 1.54) is 42.6 Å². The third kappa shape index (κ3) is 1.81. The van der Waals surface area contributed by atoms with Crippen LogP contribution in [0.4, 0.5) is 0 Å². The molecule has 1 aromatic rings. The Morgan fingerprint density at radius 2 is 2.12 bits per heavy atom. The second-order valence-corrected chi connectivity index (χ2v) is 5.82. The molecule has 3 rings (SSSR count). The van der Waals surface area contributed by atoms with E-state index in [9.17, 15) is 0 Å². The van der Waals surface area contributed by atoms with Crippen LogP contribution in [0, 0.1) is 0 Å². The van der Waals surface area contributed by atoms with Gasteiger partial charge in [-0.25, -0.2) is 0 Å². The lowest BCUT2D eigenvalue weighted by Gasteiger charge is -2.43. The lowest BCUT2D eigenvalue weighted by molar-refractivity contribution is 0.0825. The summed E-state index contributed by atoms with van der Waals surface area (Å²) >= 11 is 3.59. The van der Waals surface area contributed by atoms with Gasteiger partial charge in [0.1, 0.15) is 0 Å². The van der Waals surface area contributed by atoms with Gasteiger partial charge in [0.05, 0.1) is 0 Å². The zero-order chi connectivity index (χ0) is 11.1. The van der Waals surface area contributed by atoms with Gasteiger partial charge in [0.25, 0.3) is 0 Å². The third-order valence-corrected chi connectivity index (χ3v) is 4.32. The maximum absolute atomic E-state index is 3.59. The van der Waals surface area contributed by atoms with Gasteiger partial charge in [-0.15, -0.1) is 0 Å². The van der Waals surface area contributed by atoms with Crippen LogP contribution in [0.15, 0.2) is 22.7 Å². The number of hydrogen-bond acceptors (Lipinski definition) is 2. The van der Waals surface area contributed by atoms with E-state index in [2.05, 4.69) is 51.0 Å². The van der Waals surface area contributed by atoms with Crippen LogP contribution in [0.3, 0.4) is 0 Å². The molecular formula is C13H17BrN2. The van der Waals surface area contributed by atoms with E-state index in [-0.39, 0.29) is 0 Å². The Morgan fingerprint density at radius 1 is 1.25 bits per heavy atom. The van der Waals surface area contributed by atoms with Crippen LogP contribution in [-0.4, -0.2) is 43.0 Å². The topological polar surface area (TPSA) is 6.48 Å². The van der Waals surface area contributed by atoms with Crippen molar-refractivity contribution in [2.45, 2.75) is 12.5 Å². The molecule has 0 radical (unpaired) electrons. The largest absolute Gasteiger partial charge is 0.303 e. The smallest absolute Gasteiger partial charge is 0.0478 e. The molecule has 0 saturated carbocycles. The fourth-order valence-corrected chi connectivity index (χ4v) is 3.27. The summed E-state index contributed by atoms with van der Waals surface area (Å²) in [5.41, 5.74) is 3.08. The molecule has 86 valence electrons. The number of hydrogen-bond donors (Lipinski definition) is 0. The molecule has 1 fully saturated rings. The zero-order valence-electron chi connectivity index (χ0n) is 9.62. The molecule has 1 atom stereocenters. The molecule has 16 heavy (non-hydrogen) atoms. The Bertz CT molecular complexity index is 405. The first kappa shape index (κ1) is 10.8. The fraction of sp³-hybridized carbons (Fsp3) is 0.538. The van der Waals surface area contributed by atoms with E-state index in [0.29, 0.717) is 6.04 Å². The first-order valence-electron chi connectivity index (χ1n) is 5.95. The Kier molecular flexibility index (Phi) is 2.78. The molecule has 0 bridgehead atoms. The monoisotopic (exact) mass is 280 g/mol. The second kappa shape index (κ2) is 4.13. The van der Waals surface area contributed by atoms with Crippen molar-refractivity contribution in [3.63, 3.8) is 0 Å². The van der Waals surface area contributed by atoms with E-state index < -0.39 is 0 Å². The Labute approximate surface area is 105 Å². The summed E-state index contributed by atoms with van der Waals surface area (Å²) in [6, 6.07) is 7.37. The normalized spacial score (nSPS) is 26.2. The standard InChI is InChI=1S/C13H17BrN2/c1-15-6-7-16-5-4-10-2-3-11(14)8-12(10)13(16)9-15/h2-3,8,13H,4-7,9H2,1H3. The summed E-state index contributed by atoms with van der Waals surface area (Å²) < 4.78 is 1.21. The number of nitrogens with zero attached hydrogens (tertiary/aromatic N) is 2. The predicted molar refractivity (Wildman–Crippen MR) is 69.7 cm³/mol. The molecule has 0 amide bonds. The maximum Gasteiger partial charge on any atom is 0.0478 e. The Hall–Kier alpha value is -0.380. The van der Waals surface area contributed by atoms with E-state index in [0.717, 1.165) is 0 Å². The van der Waals surface area contributed by atoms with Gasteiger partial charge in [0, 0.05) is 36.7 Å². The first-order valence-corrected chi connectivity index (χ1v) is 6.74. The second-order valence-electron chi connectivity index (χ2n) is 4.91. The van der Waals surface area contributed by atoms with Gasteiger partial charge in [-0.3, -0.25) is 4.90 Å². The molecule has 1 unspecified atom stereocenters. The summed E-state index contributed by atoms with van der Waals surface area (Å²) in [6.45, 7) is 4.82. The fourth-order valence-electron chi connectivity index (χ4n) is 2.89. The minimum atomic E-state index is 0.611. The van der Waals surface area contributed by atoms with Crippen molar-refractivity contribution < 1.29 is 0 Å². The molecule has 0 spiro atoms. The highest BCUT2D eigenvalue weighted by Gasteiger charge is 2.31. The summed E-state index contributed by atoms with van der Waals surface area (Å²) in [4.78, 5) is 5.08. The van der Waals surface area contributed by atoms with Crippen LogP contribution < -0.4 is 0 Å². The number of rotatable bonds is 0. The van der Waals surface area contributed by atoms with Crippen LogP contribution in [0.25, 0.3) is 0 Å². The van der Waals surface area contributed by atoms with Crippen molar-refractivity contribution >= 4 is 15.9 Å². The molecule has 2 nitrogen and oxygen atoms in total. The highest BCUT2D eigenvalue weighted by molar-refractivity contribution is 9.10. The van der Waals surface area contributed by atoms with Gasteiger partial charge in [-0.2, -0.15) is 0 Å². The molecule has 0 aromatic heterocycles.